The van der Waals surface area contributed by atoms with Crippen LogP contribution in [0.15, 0.2) is 58.5 Å². The van der Waals surface area contributed by atoms with Crippen LogP contribution < -0.4 is 5.01 Å². The van der Waals surface area contributed by atoms with Crippen LogP contribution in [0.5, 0.6) is 0 Å². The van der Waals surface area contributed by atoms with Crippen LogP contribution in [0.4, 0.5) is 5.69 Å². The van der Waals surface area contributed by atoms with Crippen LogP contribution >= 0.6 is 11.6 Å². The van der Waals surface area contributed by atoms with Crippen molar-refractivity contribution in [3.8, 4) is 0 Å². The number of anilines is 1. The van der Waals surface area contributed by atoms with Crippen LogP contribution in [0.1, 0.15) is 12.0 Å². The van der Waals surface area contributed by atoms with Gasteiger partial charge in [0.2, 0.25) is 0 Å². The predicted octanol–water partition coefficient (Wildman–Crippen LogP) is 3.15. The minimum atomic E-state index is -1.94. The number of hydrazone groups is 1. The van der Waals surface area contributed by atoms with Gasteiger partial charge < -0.3 is 4.55 Å². The van der Waals surface area contributed by atoms with E-state index >= 15 is 0 Å². The first-order chi connectivity index (χ1) is 10.1. The van der Waals surface area contributed by atoms with Crippen LogP contribution in [0.2, 0.25) is 5.02 Å². The van der Waals surface area contributed by atoms with Crippen molar-refractivity contribution in [1.29, 1.82) is 0 Å². The molecule has 0 saturated carbocycles. The Kier molecular flexibility index (Phi) is 6.20. The van der Waals surface area contributed by atoms with Crippen molar-refractivity contribution in [2.75, 3.05) is 11.6 Å². The predicted molar refractivity (Wildman–Crippen MR) is 91.2 cm³/mol. The average Bonchev–Trinajstić information content (AvgIpc) is 2.98. The second kappa shape index (κ2) is 7.73. The van der Waals surface area contributed by atoms with Gasteiger partial charge in [0.15, 0.2) is 11.1 Å². The van der Waals surface area contributed by atoms with Gasteiger partial charge in [-0.15, -0.1) is 0 Å². The Bertz CT molecular complexity index is 704. The minimum Gasteiger partial charge on any atom is -0.302 e. The molecule has 1 aliphatic rings. The Morgan fingerprint density at radius 1 is 1.09 bits per heavy atom. The molecule has 0 bridgehead atoms. The quantitative estimate of drug-likeness (QED) is 0.688. The zero-order valence-corrected chi connectivity index (χ0v) is 15.6. The van der Waals surface area contributed by atoms with Crippen LogP contribution in [-0.2, 0) is 11.1 Å². The first-order valence-electron chi connectivity index (χ1n) is 6.45. The van der Waals surface area contributed by atoms with E-state index in [1.807, 2.05) is 29.3 Å². The summed E-state index contributed by atoms with van der Waals surface area (Å²) in [4.78, 5) is 0.389. The van der Waals surface area contributed by atoms with E-state index in [1.54, 1.807) is 24.3 Å². The van der Waals surface area contributed by atoms with E-state index in [9.17, 15) is 4.21 Å². The number of halogens is 1. The zero-order chi connectivity index (χ0) is 14.8. The smallest absolute Gasteiger partial charge is 0.186 e. The van der Waals surface area contributed by atoms with E-state index in [0.717, 1.165) is 29.9 Å². The second-order valence-electron chi connectivity index (χ2n) is 4.67. The maximum absolute atomic E-state index is 11.0. The largest absolute Gasteiger partial charge is 0.302 e. The fraction of sp³-hybridized carbons (Fsp3) is 0.133. The van der Waals surface area contributed by atoms with Crippen LogP contribution in [0.25, 0.3) is 0 Å². The van der Waals surface area contributed by atoms with Gasteiger partial charge in [0, 0.05) is 47.5 Å². The number of hydrogen-bond acceptors (Lipinski definition) is 3. The fourth-order valence-corrected chi connectivity index (χ4v) is 2.72. The summed E-state index contributed by atoms with van der Waals surface area (Å²) in [6.45, 7) is 0.791. The molecule has 0 amide bonds. The molecule has 1 aliphatic heterocycles. The number of nitrogens with zero attached hydrogens (tertiary/aromatic N) is 2. The molecule has 109 valence electrons. The molecule has 0 aliphatic carbocycles. The molecular weight excluding hydrogens is 331 g/mol. The molecule has 1 atom stereocenters. The Morgan fingerprint density at radius 3 is 2.32 bits per heavy atom. The van der Waals surface area contributed by atoms with E-state index in [1.165, 1.54) is 0 Å². The Hall–Kier alpha value is -0.690. The molecule has 22 heavy (non-hydrogen) atoms. The van der Waals surface area contributed by atoms with Crippen molar-refractivity contribution in [3.63, 3.8) is 0 Å². The summed E-state index contributed by atoms with van der Waals surface area (Å²) < 4.78 is 20.0. The van der Waals surface area contributed by atoms with Crippen LogP contribution in [0.3, 0.4) is 0 Å². The van der Waals surface area contributed by atoms with Gasteiger partial charge in [-0.1, -0.05) is 23.7 Å². The van der Waals surface area contributed by atoms with Gasteiger partial charge in [-0.05, 0) is 42.0 Å². The Morgan fingerprint density at radius 2 is 1.73 bits per heavy atom. The van der Waals surface area contributed by atoms with Crippen molar-refractivity contribution in [1.82, 2.24) is 0 Å². The monoisotopic (exact) mass is 343 g/mol. The van der Waals surface area contributed by atoms with Crippen molar-refractivity contribution in [3.05, 3.63) is 59.1 Å². The first-order valence-corrected chi connectivity index (χ1v) is 7.94. The number of hydrogen-bond donors (Lipinski definition) is 1. The SMILES string of the molecule is O=S(O)c1ccc(N2CCC(c3ccc(Cl)cc3)=N2)cc1.[Na]. The van der Waals surface area contributed by atoms with Gasteiger partial charge in [0.25, 0.3) is 0 Å². The summed E-state index contributed by atoms with van der Waals surface area (Å²) in [6.07, 6.45) is 0.856. The van der Waals surface area contributed by atoms with Gasteiger partial charge in [-0.25, -0.2) is 4.21 Å². The van der Waals surface area contributed by atoms with E-state index in [2.05, 4.69) is 5.10 Å². The molecule has 4 nitrogen and oxygen atoms in total. The fourth-order valence-electron chi connectivity index (χ4n) is 2.22. The first kappa shape index (κ1) is 17.7. The van der Waals surface area contributed by atoms with Gasteiger partial charge >= 0.3 is 0 Å². The van der Waals surface area contributed by atoms with E-state index in [-0.39, 0.29) is 29.6 Å². The van der Waals surface area contributed by atoms with Crippen molar-refractivity contribution in [2.45, 2.75) is 11.3 Å². The topological polar surface area (TPSA) is 52.9 Å². The molecule has 1 radical (unpaired) electrons. The Balaban J connectivity index is 0.00000176. The summed E-state index contributed by atoms with van der Waals surface area (Å²) in [5.74, 6) is 0. The summed E-state index contributed by atoms with van der Waals surface area (Å²) >= 11 is 3.94. The van der Waals surface area contributed by atoms with E-state index in [0.29, 0.717) is 9.92 Å². The van der Waals surface area contributed by atoms with E-state index < -0.39 is 11.1 Å². The third kappa shape index (κ3) is 3.98. The number of benzene rings is 2. The van der Waals surface area contributed by atoms with Gasteiger partial charge in [0.1, 0.15) is 0 Å². The van der Waals surface area contributed by atoms with Gasteiger partial charge in [-0.2, -0.15) is 5.10 Å². The summed E-state index contributed by atoms with van der Waals surface area (Å²) in [5, 5.41) is 7.21. The van der Waals surface area contributed by atoms with Crippen LogP contribution in [0, 0.1) is 0 Å². The Labute approximate surface area is 158 Å². The molecule has 0 saturated heterocycles. The molecule has 2 aromatic rings. The van der Waals surface area contributed by atoms with Crippen molar-refractivity contribution < 1.29 is 8.76 Å². The molecule has 1 unspecified atom stereocenters. The van der Waals surface area contributed by atoms with Crippen LogP contribution in [-0.4, -0.2) is 50.6 Å². The molecule has 7 heteroatoms. The molecule has 1 heterocycles. The summed E-state index contributed by atoms with van der Waals surface area (Å²) in [7, 11) is 0. The molecule has 3 rings (SSSR count). The number of rotatable bonds is 3. The summed E-state index contributed by atoms with van der Waals surface area (Å²) in [6, 6.07) is 14.5. The standard InChI is InChI=1S/C15H13ClN2O2S.Na/c16-12-3-1-11(2-4-12)15-9-10-18(17-15)13-5-7-14(8-6-13)21(19)20;/h1-8H,9-10H2,(H,19,20);. The third-order valence-electron chi connectivity index (χ3n) is 3.32. The zero-order valence-electron chi connectivity index (χ0n) is 12.1. The van der Waals surface area contributed by atoms with Crippen molar-refractivity contribution in [2.24, 2.45) is 5.10 Å². The molecule has 0 fully saturated rings. The normalized spacial score (nSPS) is 15.2. The molecule has 2 aromatic carbocycles. The molecular formula is C15H13ClN2NaO2S. The van der Waals surface area contributed by atoms with Gasteiger partial charge in [0.05, 0.1) is 16.3 Å². The molecule has 1 N–H and O–H groups in total. The average molecular weight is 344 g/mol. The molecule has 0 spiro atoms. The maximum atomic E-state index is 11.0. The van der Waals surface area contributed by atoms with E-state index in [4.69, 9.17) is 16.2 Å². The second-order valence-corrected chi connectivity index (χ2v) is 6.08. The van der Waals surface area contributed by atoms with Crippen molar-refractivity contribution >= 4 is 63.6 Å². The maximum Gasteiger partial charge on any atom is 0.186 e. The van der Waals surface area contributed by atoms with Gasteiger partial charge in [-0.3, -0.25) is 5.01 Å². The molecule has 0 aromatic heterocycles. The minimum absolute atomic E-state index is 0. The summed E-state index contributed by atoms with van der Waals surface area (Å²) in [5.41, 5.74) is 2.99. The third-order valence-corrected chi connectivity index (χ3v) is 4.24.